The summed E-state index contributed by atoms with van der Waals surface area (Å²) in [6, 6.07) is 0. The molecule has 0 fully saturated rings. The van der Waals surface area contributed by atoms with Crippen molar-refractivity contribution in [3.63, 3.8) is 0 Å². The molecule has 0 aromatic heterocycles. The van der Waals surface area contributed by atoms with Crippen molar-refractivity contribution in [3.05, 3.63) is 0 Å². The van der Waals surface area contributed by atoms with Crippen LogP contribution >= 0.6 is 12.2 Å². The molecule has 0 rings (SSSR count). The van der Waals surface area contributed by atoms with Gasteiger partial charge < -0.3 is 16.0 Å². The van der Waals surface area contributed by atoms with Gasteiger partial charge in [-0.2, -0.15) is 0 Å². The summed E-state index contributed by atoms with van der Waals surface area (Å²) in [5.74, 6) is 0. The number of rotatable bonds is 5. The zero-order valence-corrected chi connectivity index (χ0v) is 8.05. The summed E-state index contributed by atoms with van der Waals surface area (Å²) in [6.07, 6.45) is 1.11. The lowest BCUT2D eigenvalue weighted by Crippen LogP contribution is -2.34. The fourth-order valence-corrected chi connectivity index (χ4v) is 0.783. The van der Waals surface area contributed by atoms with E-state index < -0.39 is 0 Å². The van der Waals surface area contributed by atoms with Gasteiger partial charge in [0.05, 0.1) is 0 Å². The minimum Gasteiger partial charge on any atom is -0.366 e. The fourth-order valence-electron chi connectivity index (χ4n) is 0.680. The molecule has 0 saturated heterocycles. The van der Waals surface area contributed by atoms with Crippen LogP contribution in [-0.2, 0) is 0 Å². The van der Waals surface area contributed by atoms with E-state index in [1.54, 1.807) is 0 Å². The molecule has 66 valence electrons. The molecule has 0 heterocycles. The van der Waals surface area contributed by atoms with Crippen molar-refractivity contribution in [3.8, 4) is 0 Å². The van der Waals surface area contributed by atoms with Gasteiger partial charge in [0.2, 0.25) is 0 Å². The smallest absolute Gasteiger partial charge is 0.166 e. The van der Waals surface area contributed by atoms with Crippen LogP contribution in [0.2, 0.25) is 0 Å². The molecule has 0 aliphatic heterocycles. The first-order valence-electron chi connectivity index (χ1n) is 3.97. The zero-order valence-electron chi connectivity index (χ0n) is 7.24. The second kappa shape index (κ2) is 7.75. The normalized spacial score (nSPS) is 9.27. The molecule has 0 aliphatic carbocycles. The van der Waals surface area contributed by atoms with E-state index in [1.165, 1.54) is 0 Å². The average molecular weight is 175 g/mol. The third-order valence-electron chi connectivity index (χ3n) is 1.29. The quantitative estimate of drug-likeness (QED) is 0.408. The minimum absolute atomic E-state index is 0.724. The molecule has 0 aliphatic rings. The highest BCUT2D eigenvalue weighted by molar-refractivity contribution is 7.80. The third kappa shape index (κ3) is 7.55. The lowest BCUT2D eigenvalue weighted by atomic mass is 10.4. The lowest BCUT2D eigenvalue weighted by Gasteiger charge is -2.06. The summed E-state index contributed by atoms with van der Waals surface area (Å²) < 4.78 is 0. The van der Waals surface area contributed by atoms with E-state index in [4.69, 9.17) is 12.2 Å². The van der Waals surface area contributed by atoms with E-state index in [0.29, 0.717) is 0 Å². The highest BCUT2D eigenvalue weighted by Crippen LogP contribution is 1.73. The Morgan fingerprint density at radius 3 is 2.64 bits per heavy atom. The zero-order chi connectivity index (χ0) is 8.53. The first-order chi connectivity index (χ1) is 5.31. The van der Waals surface area contributed by atoms with Gasteiger partial charge in [0.1, 0.15) is 0 Å². The third-order valence-corrected chi connectivity index (χ3v) is 1.64. The van der Waals surface area contributed by atoms with Crippen molar-refractivity contribution in [1.29, 1.82) is 0 Å². The summed E-state index contributed by atoms with van der Waals surface area (Å²) in [6.45, 7) is 5.13. The maximum absolute atomic E-state index is 4.89. The number of nitrogens with one attached hydrogen (secondary N) is 3. The van der Waals surface area contributed by atoms with E-state index in [-0.39, 0.29) is 0 Å². The van der Waals surface area contributed by atoms with E-state index in [1.807, 2.05) is 7.05 Å². The molecule has 0 aromatic carbocycles. The van der Waals surface area contributed by atoms with Crippen LogP contribution in [0.3, 0.4) is 0 Å². The maximum atomic E-state index is 4.89. The first kappa shape index (κ1) is 10.7. The standard InChI is InChI=1S/C7H17N3S/c1-3-9-5-4-6-10-7(11)8-2/h9H,3-6H2,1-2H3,(H2,8,10,11). The second-order valence-corrected chi connectivity index (χ2v) is 2.62. The molecule has 0 unspecified atom stereocenters. The predicted octanol–water partition coefficient (Wildman–Crippen LogP) is 0.0799. The number of hydrogen-bond acceptors (Lipinski definition) is 2. The number of hydrogen-bond donors (Lipinski definition) is 3. The van der Waals surface area contributed by atoms with Gasteiger partial charge in [-0.15, -0.1) is 0 Å². The van der Waals surface area contributed by atoms with E-state index in [2.05, 4.69) is 22.9 Å². The molecule has 0 bridgehead atoms. The summed E-state index contributed by atoms with van der Waals surface area (Å²) in [5.41, 5.74) is 0. The van der Waals surface area contributed by atoms with Gasteiger partial charge in [0.25, 0.3) is 0 Å². The maximum Gasteiger partial charge on any atom is 0.166 e. The molecule has 0 amide bonds. The Labute approximate surface area is 73.9 Å². The van der Waals surface area contributed by atoms with Gasteiger partial charge in [-0.3, -0.25) is 0 Å². The molecule has 0 saturated carbocycles. The Balaban J connectivity index is 2.95. The van der Waals surface area contributed by atoms with Crippen molar-refractivity contribution >= 4 is 17.3 Å². The van der Waals surface area contributed by atoms with Gasteiger partial charge in [-0.05, 0) is 31.7 Å². The summed E-state index contributed by atoms with van der Waals surface area (Å²) in [4.78, 5) is 0. The van der Waals surface area contributed by atoms with Gasteiger partial charge >= 0.3 is 0 Å². The Morgan fingerprint density at radius 2 is 2.09 bits per heavy atom. The van der Waals surface area contributed by atoms with Crippen LogP contribution in [0.1, 0.15) is 13.3 Å². The van der Waals surface area contributed by atoms with Gasteiger partial charge in [-0.1, -0.05) is 6.92 Å². The van der Waals surface area contributed by atoms with Gasteiger partial charge in [0, 0.05) is 13.6 Å². The molecular weight excluding hydrogens is 158 g/mol. The topological polar surface area (TPSA) is 36.1 Å². The van der Waals surface area contributed by atoms with Crippen LogP contribution in [0.15, 0.2) is 0 Å². The average Bonchev–Trinajstić information content (AvgIpc) is 2.04. The van der Waals surface area contributed by atoms with Crippen molar-refractivity contribution in [1.82, 2.24) is 16.0 Å². The Morgan fingerprint density at radius 1 is 1.36 bits per heavy atom. The van der Waals surface area contributed by atoms with Crippen LogP contribution in [0, 0.1) is 0 Å². The summed E-state index contributed by atoms with van der Waals surface area (Å²) in [7, 11) is 1.82. The number of thiocarbonyl (C=S) groups is 1. The monoisotopic (exact) mass is 175 g/mol. The van der Waals surface area contributed by atoms with Crippen molar-refractivity contribution in [2.24, 2.45) is 0 Å². The molecular formula is C7H17N3S. The minimum atomic E-state index is 0.724. The molecule has 0 aromatic rings. The highest BCUT2D eigenvalue weighted by Gasteiger charge is 1.88. The predicted molar refractivity (Wildman–Crippen MR) is 52.8 cm³/mol. The highest BCUT2D eigenvalue weighted by atomic mass is 32.1. The van der Waals surface area contributed by atoms with Crippen LogP contribution in [0.4, 0.5) is 0 Å². The molecule has 11 heavy (non-hydrogen) atoms. The summed E-state index contributed by atoms with van der Waals surface area (Å²) >= 11 is 4.89. The van der Waals surface area contributed by atoms with E-state index in [9.17, 15) is 0 Å². The van der Waals surface area contributed by atoms with Gasteiger partial charge in [0.15, 0.2) is 5.11 Å². The fraction of sp³-hybridized carbons (Fsp3) is 0.857. The molecule has 3 nitrogen and oxygen atoms in total. The largest absolute Gasteiger partial charge is 0.366 e. The van der Waals surface area contributed by atoms with Crippen molar-refractivity contribution in [2.75, 3.05) is 26.7 Å². The second-order valence-electron chi connectivity index (χ2n) is 2.21. The van der Waals surface area contributed by atoms with Crippen LogP contribution < -0.4 is 16.0 Å². The molecule has 4 heteroatoms. The molecule has 3 N–H and O–H groups in total. The Hall–Kier alpha value is -0.350. The Bertz CT molecular complexity index is 106. The van der Waals surface area contributed by atoms with Crippen LogP contribution in [-0.4, -0.2) is 31.8 Å². The van der Waals surface area contributed by atoms with E-state index in [0.717, 1.165) is 31.2 Å². The molecule has 0 radical (unpaired) electrons. The van der Waals surface area contributed by atoms with Gasteiger partial charge in [-0.25, -0.2) is 0 Å². The molecule has 0 atom stereocenters. The van der Waals surface area contributed by atoms with Crippen LogP contribution in [0.5, 0.6) is 0 Å². The summed E-state index contributed by atoms with van der Waals surface area (Å²) in [5, 5.41) is 9.89. The van der Waals surface area contributed by atoms with E-state index >= 15 is 0 Å². The Kier molecular flexibility index (Phi) is 7.51. The molecule has 0 spiro atoms. The van der Waals surface area contributed by atoms with Crippen LogP contribution in [0.25, 0.3) is 0 Å². The van der Waals surface area contributed by atoms with Crippen molar-refractivity contribution in [2.45, 2.75) is 13.3 Å². The van der Waals surface area contributed by atoms with Crippen molar-refractivity contribution < 1.29 is 0 Å². The first-order valence-corrected chi connectivity index (χ1v) is 4.38. The SMILES string of the molecule is CCNCCCNC(=S)NC. The lowest BCUT2D eigenvalue weighted by molar-refractivity contribution is 0.659.